The molecule has 4 rings (SSSR count). The molecular weight excluding hydrogens is 358 g/mol. The number of hydrogen-bond acceptors (Lipinski definition) is 6. The van der Waals surface area contributed by atoms with Crippen molar-refractivity contribution in [3.63, 3.8) is 0 Å². The standard InChI is InChI=1S/C20H19N5O3/c26-18(15-13-21-20(22-14-15)23-16-5-2-1-3-6-16)24-8-10-25(11-9-24)19(27)17-7-4-12-28-17/h1-7,12-14H,8-11H2,(H,21,22,23). The van der Waals surface area contributed by atoms with Gasteiger partial charge in [0.15, 0.2) is 5.76 Å². The molecule has 8 heteroatoms. The van der Waals surface area contributed by atoms with Crippen LogP contribution in [0.2, 0.25) is 0 Å². The number of amides is 2. The summed E-state index contributed by atoms with van der Waals surface area (Å²) in [5.41, 5.74) is 1.29. The average Bonchev–Trinajstić information content (AvgIpc) is 3.29. The zero-order valence-electron chi connectivity index (χ0n) is 15.1. The van der Waals surface area contributed by atoms with Crippen LogP contribution in [-0.4, -0.2) is 57.8 Å². The van der Waals surface area contributed by atoms with E-state index in [0.717, 1.165) is 5.69 Å². The molecule has 2 aromatic heterocycles. The highest BCUT2D eigenvalue weighted by Crippen LogP contribution is 2.14. The molecule has 2 amide bonds. The van der Waals surface area contributed by atoms with Gasteiger partial charge in [-0.15, -0.1) is 0 Å². The third kappa shape index (κ3) is 3.85. The largest absolute Gasteiger partial charge is 0.459 e. The summed E-state index contributed by atoms with van der Waals surface area (Å²) >= 11 is 0. The van der Waals surface area contributed by atoms with Crippen molar-refractivity contribution < 1.29 is 14.0 Å². The number of piperazine rings is 1. The van der Waals surface area contributed by atoms with Crippen molar-refractivity contribution in [2.45, 2.75) is 0 Å². The van der Waals surface area contributed by atoms with Crippen LogP contribution in [0.25, 0.3) is 0 Å². The number of hydrogen-bond donors (Lipinski definition) is 1. The Bertz CT molecular complexity index is 934. The van der Waals surface area contributed by atoms with E-state index >= 15 is 0 Å². The zero-order chi connectivity index (χ0) is 19.3. The molecule has 0 unspecified atom stereocenters. The molecule has 1 aliphatic rings. The van der Waals surface area contributed by atoms with Crippen LogP contribution in [0.1, 0.15) is 20.9 Å². The summed E-state index contributed by atoms with van der Waals surface area (Å²) in [7, 11) is 0. The van der Waals surface area contributed by atoms with Gasteiger partial charge in [0, 0.05) is 44.3 Å². The van der Waals surface area contributed by atoms with Crippen LogP contribution in [0.3, 0.4) is 0 Å². The first-order valence-corrected chi connectivity index (χ1v) is 8.97. The van der Waals surface area contributed by atoms with E-state index in [1.165, 1.54) is 18.7 Å². The average molecular weight is 377 g/mol. The van der Waals surface area contributed by atoms with Crippen molar-refractivity contribution in [3.8, 4) is 0 Å². The Balaban J connectivity index is 1.34. The van der Waals surface area contributed by atoms with E-state index in [-0.39, 0.29) is 11.8 Å². The molecule has 1 aliphatic heterocycles. The van der Waals surface area contributed by atoms with Crippen molar-refractivity contribution in [3.05, 3.63) is 72.4 Å². The van der Waals surface area contributed by atoms with Crippen molar-refractivity contribution in [2.24, 2.45) is 0 Å². The number of benzene rings is 1. The van der Waals surface area contributed by atoms with Gasteiger partial charge in [-0.05, 0) is 24.3 Å². The molecule has 0 spiro atoms. The van der Waals surface area contributed by atoms with E-state index in [4.69, 9.17) is 4.42 Å². The molecule has 1 fully saturated rings. The Morgan fingerprint density at radius 2 is 1.50 bits per heavy atom. The fraction of sp³-hybridized carbons (Fsp3) is 0.200. The molecule has 1 aromatic carbocycles. The number of nitrogens with one attached hydrogen (secondary N) is 1. The van der Waals surface area contributed by atoms with Crippen molar-refractivity contribution >= 4 is 23.5 Å². The van der Waals surface area contributed by atoms with Gasteiger partial charge in [-0.1, -0.05) is 18.2 Å². The third-order valence-electron chi connectivity index (χ3n) is 4.51. The van der Waals surface area contributed by atoms with E-state index in [1.54, 1.807) is 21.9 Å². The quantitative estimate of drug-likeness (QED) is 0.751. The summed E-state index contributed by atoms with van der Waals surface area (Å²) < 4.78 is 5.15. The summed E-state index contributed by atoms with van der Waals surface area (Å²) in [4.78, 5) is 36.8. The Morgan fingerprint density at radius 1 is 0.857 bits per heavy atom. The molecule has 3 aromatic rings. The number of carbonyl (C=O) groups excluding carboxylic acids is 2. The van der Waals surface area contributed by atoms with Gasteiger partial charge in [0.05, 0.1) is 11.8 Å². The number of para-hydroxylation sites is 1. The molecule has 0 atom stereocenters. The molecule has 0 aliphatic carbocycles. The lowest BCUT2D eigenvalue weighted by molar-refractivity contribution is 0.0517. The zero-order valence-corrected chi connectivity index (χ0v) is 15.1. The normalized spacial score (nSPS) is 14.0. The lowest BCUT2D eigenvalue weighted by Crippen LogP contribution is -2.50. The van der Waals surface area contributed by atoms with Gasteiger partial charge in [0.1, 0.15) is 0 Å². The maximum absolute atomic E-state index is 12.7. The van der Waals surface area contributed by atoms with Gasteiger partial charge in [0.2, 0.25) is 5.95 Å². The van der Waals surface area contributed by atoms with Crippen molar-refractivity contribution in [1.82, 2.24) is 19.8 Å². The lowest BCUT2D eigenvalue weighted by atomic mass is 10.2. The monoisotopic (exact) mass is 377 g/mol. The second-order valence-electron chi connectivity index (χ2n) is 6.35. The fourth-order valence-electron chi connectivity index (χ4n) is 3.00. The number of rotatable bonds is 4. The molecular formula is C20H19N5O3. The van der Waals surface area contributed by atoms with Crippen LogP contribution in [0.15, 0.2) is 65.5 Å². The van der Waals surface area contributed by atoms with E-state index in [9.17, 15) is 9.59 Å². The van der Waals surface area contributed by atoms with E-state index in [0.29, 0.717) is 43.5 Å². The first kappa shape index (κ1) is 17.7. The predicted octanol–water partition coefficient (Wildman–Crippen LogP) is 2.41. The SMILES string of the molecule is O=C(c1cnc(Nc2ccccc2)nc1)N1CCN(C(=O)c2ccco2)CC1. The number of furan rings is 1. The Kier molecular flexibility index (Phi) is 5.01. The van der Waals surface area contributed by atoms with Crippen LogP contribution < -0.4 is 5.32 Å². The molecule has 28 heavy (non-hydrogen) atoms. The van der Waals surface area contributed by atoms with Crippen LogP contribution in [0, 0.1) is 0 Å². The molecule has 8 nitrogen and oxygen atoms in total. The lowest BCUT2D eigenvalue weighted by Gasteiger charge is -2.34. The molecule has 3 heterocycles. The maximum atomic E-state index is 12.7. The third-order valence-corrected chi connectivity index (χ3v) is 4.51. The van der Waals surface area contributed by atoms with E-state index < -0.39 is 0 Å². The Morgan fingerprint density at radius 3 is 2.11 bits per heavy atom. The van der Waals surface area contributed by atoms with E-state index in [1.807, 2.05) is 30.3 Å². The second kappa shape index (κ2) is 7.91. The van der Waals surface area contributed by atoms with Gasteiger partial charge in [-0.3, -0.25) is 9.59 Å². The summed E-state index contributed by atoms with van der Waals surface area (Å²) in [6.45, 7) is 1.82. The summed E-state index contributed by atoms with van der Waals surface area (Å²) in [5, 5.41) is 3.08. The molecule has 0 bridgehead atoms. The fourth-order valence-corrected chi connectivity index (χ4v) is 3.00. The van der Waals surface area contributed by atoms with Gasteiger partial charge in [-0.25, -0.2) is 9.97 Å². The first-order valence-electron chi connectivity index (χ1n) is 8.97. The van der Waals surface area contributed by atoms with Crippen LogP contribution in [0.4, 0.5) is 11.6 Å². The maximum Gasteiger partial charge on any atom is 0.289 e. The smallest absolute Gasteiger partial charge is 0.289 e. The number of anilines is 2. The van der Waals surface area contributed by atoms with E-state index in [2.05, 4.69) is 15.3 Å². The Labute approximate surface area is 161 Å². The molecule has 1 N–H and O–H groups in total. The minimum Gasteiger partial charge on any atom is -0.459 e. The molecule has 142 valence electrons. The van der Waals surface area contributed by atoms with Gasteiger partial charge >= 0.3 is 0 Å². The van der Waals surface area contributed by atoms with Crippen molar-refractivity contribution in [1.29, 1.82) is 0 Å². The first-order chi connectivity index (χ1) is 13.7. The highest BCUT2D eigenvalue weighted by Gasteiger charge is 2.26. The summed E-state index contributed by atoms with van der Waals surface area (Å²) in [6, 6.07) is 12.9. The number of carbonyl (C=O) groups is 2. The summed E-state index contributed by atoms with van der Waals surface area (Å²) in [5.74, 6) is 0.444. The van der Waals surface area contributed by atoms with Crippen molar-refractivity contribution in [2.75, 3.05) is 31.5 Å². The van der Waals surface area contributed by atoms with Crippen LogP contribution in [0.5, 0.6) is 0 Å². The second-order valence-corrected chi connectivity index (χ2v) is 6.35. The highest BCUT2D eigenvalue weighted by molar-refractivity contribution is 5.94. The predicted molar refractivity (Wildman–Crippen MR) is 102 cm³/mol. The van der Waals surface area contributed by atoms with Gasteiger partial charge < -0.3 is 19.5 Å². The van der Waals surface area contributed by atoms with Crippen LogP contribution in [-0.2, 0) is 0 Å². The molecule has 0 saturated carbocycles. The van der Waals surface area contributed by atoms with Gasteiger partial charge in [0.25, 0.3) is 11.8 Å². The minimum atomic E-state index is -0.156. The highest BCUT2D eigenvalue weighted by atomic mass is 16.3. The minimum absolute atomic E-state index is 0.142. The molecule has 0 radical (unpaired) electrons. The topological polar surface area (TPSA) is 91.6 Å². The van der Waals surface area contributed by atoms with Crippen LogP contribution >= 0.6 is 0 Å². The van der Waals surface area contributed by atoms with Gasteiger partial charge in [-0.2, -0.15) is 0 Å². The number of nitrogens with zero attached hydrogens (tertiary/aromatic N) is 4. The number of aromatic nitrogens is 2. The summed E-state index contributed by atoms with van der Waals surface area (Å²) in [6.07, 6.45) is 4.51. The molecule has 1 saturated heterocycles. The Hall–Kier alpha value is -3.68.